The first-order valence-corrected chi connectivity index (χ1v) is 9.23. The minimum absolute atomic E-state index is 0.0188. The van der Waals surface area contributed by atoms with Crippen LogP contribution in [-0.4, -0.2) is 41.0 Å². The fourth-order valence-corrected chi connectivity index (χ4v) is 4.71. The summed E-state index contributed by atoms with van der Waals surface area (Å²) >= 11 is 0. The van der Waals surface area contributed by atoms with E-state index in [1.165, 1.54) is 0 Å². The van der Waals surface area contributed by atoms with E-state index < -0.39 is 9.84 Å². The molecule has 23 heavy (non-hydrogen) atoms. The van der Waals surface area contributed by atoms with E-state index in [0.717, 1.165) is 16.6 Å². The van der Waals surface area contributed by atoms with Crippen LogP contribution in [0.3, 0.4) is 0 Å². The van der Waals surface area contributed by atoms with Crippen LogP contribution in [0.5, 0.6) is 0 Å². The van der Waals surface area contributed by atoms with E-state index in [4.69, 9.17) is 0 Å². The maximum Gasteiger partial charge on any atom is 0.328 e. The molecule has 0 radical (unpaired) electrons. The minimum Gasteiger partial charge on any atom is -0.352 e. The lowest BCUT2D eigenvalue weighted by atomic mass is 10.1. The number of sulfone groups is 1. The van der Waals surface area contributed by atoms with Crippen molar-refractivity contribution in [3.05, 3.63) is 34.2 Å². The Balaban J connectivity index is 1.75. The second kappa shape index (κ2) is 5.52. The fourth-order valence-electron chi connectivity index (χ4n) is 3.04. The molecule has 2 heterocycles. The zero-order valence-electron chi connectivity index (χ0n) is 13.1. The lowest BCUT2D eigenvalue weighted by Gasteiger charge is -2.11. The molecule has 2 aromatic rings. The lowest BCUT2D eigenvalue weighted by molar-refractivity contribution is -0.120. The van der Waals surface area contributed by atoms with Crippen LogP contribution in [-0.2, 0) is 35.1 Å². The molecule has 1 aliphatic rings. The van der Waals surface area contributed by atoms with Crippen LogP contribution in [0.1, 0.15) is 12.0 Å². The molecule has 0 aliphatic carbocycles. The molecule has 1 aliphatic heterocycles. The summed E-state index contributed by atoms with van der Waals surface area (Å²) in [6.07, 6.45) is 0.635. The highest BCUT2D eigenvalue weighted by Crippen LogP contribution is 2.15. The Morgan fingerprint density at radius 1 is 1.26 bits per heavy atom. The van der Waals surface area contributed by atoms with Gasteiger partial charge in [-0.25, -0.2) is 13.2 Å². The molecule has 1 aromatic carbocycles. The van der Waals surface area contributed by atoms with E-state index in [2.05, 4.69) is 5.32 Å². The first-order chi connectivity index (χ1) is 10.8. The summed E-state index contributed by atoms with van der Waals surface area (Å²) in [7, 11) is 0.392. The third kappa shape index (κ3) is 3.03. The summed E-state index contributed by atoms with van der Waals surface area (Å²) in [6, 6.07) is 5.16. The van der Waals surface area contributed by atoms with Gasteiger partial charge in [0.25, 0.3) is 0 Å². The van der Waals surface area contributed by atoms with Gasteiger partial charge in [0, 0.05) is 20.1 Å². The van der Waals surface area contributed by atoms with Crippen molar-refractivity contribution in [2.75, 3.05) is 11.5 Å². The van der Waals surface area contributed by atoms with E-state index in [1.807, 2.05) is 18.2 Å². The van der Waals surface area contributed by atoms with E-state index in [1.54, 1.807) is 23.2 Å². The van der Waals surface area contributed by atoms with E-state index in [0.29, 0.717) is 6.42 Å². The van der Waals surface area contributed by atoms with Crippen LogP contribution < -0.4 is 11.0 Å². The van der Waals surface area contributed by atoms with Crippen molar-refractivity contribution in [2.45, 2.75) is 18.9 Å². The number of hydrogen-bond acceptors (Lipinski definition) is 4. The zero-order chi connectivity index (χ0) is 16.8. The van der Waals surface area contributed by atoms with Gasteiger partial charge < -0.3 is 5.32 Å². The first kappa shape index (κ1) is 15.8. The highest BCUT2D eigenvalue weighted by Gasteiger charge is 2.28. The summed E-state index contributed by atoms with van der Waals surface area (Å²) in [5.74, 6) is -0.0477. The standard InChI is InChI=1S/C15H19N3O4S/c1-17-12-4-3-10(7-13(12)18(2)15(17)20)8-14(19)16-11-5-6-23(21,22)9-11/h3-4,7,11H,5-6,8-9H2,1-2H3,(H,16,19). The monoisotopic (exact) mass is 337 g/mol. The predicted octanol–water partition coefficient (Wildman–Crippen LogP) is -0.277. The van der Waals surface area contributed by atoms with Crippen molar-refractivity contribution < 1.29 is 13.2 Å². The fraction of sp³-hybridized carbons (Fsp3) is 0.467. The molecule has 1 atom stereocenters. The number of carbonyl (C=O) groups is 1. The van der Waals surface area contributed by atoms with Crippen LogP contribution in [0.2, 0.25) is 0 Å². The van der Waals surface area contributed by atoms with Gasteiger partial charge >= 0.3 is 5.69 Å². The molecule has 124 valence electrons. The van der Waals surface area contributed by atoms with Crippen molar-refractivity contribution in [1.82, 2.24) is 14.5 Å². The Labute approximate surface area is 133 Å². The molecular weight excluding hydrogens is 318 g/mol. The van der Waals surface area contributed by atoms with Gasteiger partial charge in [-0.2, -0.15) is 0 Å². The lowest BCUT2D eigenvalue weighted by Crippen LogP contribution is -2.36. The van der Waals surface area contributed by atoms with Gasteiger partial charge in [0.05, 0.1) is 29.0 Å². The third-order valence-electron chi connectivity index (χ3n) is 4.30. The highest BCUT2D eigenvalue weighted by molar-refractivity contribution is 7.91. The molecule has 7 nitrogen and oxygen atoms in total. The molecule has 1 fully saturated rings. The van der Waals surface area contributed by atoms with Gasteiger partial charge in [-0.1, -0.05) is 6.07 Å². The molecular formula is C15H19N3O4S. The maximum absolute atomic E-state index is 12.1. The molecule has 1 aromatic heterocycles. The molecule has 1 saturated heterocycles. The third-order valence-corrected chi connectivity index (χ3v) is 6.07. The Morgan fingerprint density at radius 3 is 2.61 bits per heavy atom. The number of fused-ring (bicyclic) bond motifs is 1. The topological polar surface area (TPSA) is 90.2 Å². The van der Waals surface area contributed by atoms with Crippen LogP contribution in [0.15, 0.2) is 23.0 Å². The van der Waals surface area contributed by atoms with Crippen molar-refractivity contribution in [3.63, 3.8) is 0 Å². The van der Waals surface area contributed by atoms with Crippen molar-refractivity contribution in [2.24, 2.45) is 14.1 Å². The number of rotatable bonds is 3. The Bertz CT molecular complexity index is 940. The van der Waals surface area contributed by atoms with Crippen LogP contribution in [0.25, 0.3) is 11.0 Å². The van der Waals surface area contributed by atoms with E-state index in [9.17, 15) is 18.0 Å². The molecule has 0 saturated carbocycles. The van der Waals surface area contributed by atoms with Crippen LogP contribution in [0, 0.1) is 0 Å². The molecule has 8 heteroatoms. The average Bonchev–Trinajstić information content (AvgIpc) is 2.92. The number of amides is 1. The molecule has 1 unspecified atom stereocenters. The van der Waals surface area contributed by atoms with Gasteiger partial charge in [-0.3, -0.25) is 13.9 Å². The largest absolute Gasteiger partial charge is 0.352 e. The van der Waals surface area contributed by atoms with Gasteiger partial charge in [0.2, 0.25) is 5.91 Å². The quantitative estimate of drug-likeness (QED) is 0.834. The Kier molecular flexibility index (Phi) is 3.79. The minimum atomic E-state index is -3.01. The summed E-state index contributed by atoms with van der Waals surface area (Å²) in [4.78, 5) is 24.0. The molecule has 1 amide bonds. The van der Waals surface area contributed by atoms with E-state index >= 15 is 0 Å². The summed E-state index contributed by atoms with van der Waals surface area (Å²) in [6.45, 7) is 0. The number of aryl methyl sites for hydroxylation is 2. The Morgan fingerprint density at radius 2 is 1.96 bits per heavy atom. The van der Waals surface area contributed by atoms with Crippen LogP contribution in [0.4, 0.5) is 0 Å². The summed E-state index contributed by atoms with van der Waals surface area (Å²) in [5.41, 5.74) is 2.25. The number of hydrogen-bond donors (Lipinski definition) is 1. The molecule has 3 rings (SSSR count). The van der Waals surface area contributed by atoms with Gasteiger partial charge in [-0.15, -0.1) is 0 Å². The number of benzene rings is 1. The predicted molar refractivity (Wildman–Crippen MR) is 87.1 cm³/mol. The van der Waals surface area contributed by atoms with Gasteiger partial charge in [-0.05, 0) is 24.1 Å². The number of aromatic nitrogens is 2. The maximum atomic E-state index is 12.1. The van der Waals surface area contributed by atoms with Crippen molar-refractivity contribution >= 4 is 26.8 Å². The number of nitrogens with zero attached hydrogens (tertiary/aromatic N) is 2. The van der Waals surface area contributed by atoms with Gasteiger partial charge in [0.15, 0.2) is 9.84 Å². The second-order valence-electron chi connectivity index (χ2n) is 6.07. The average molecular weight is 337 g/mol. The number of imidazole rings is 1. The number of nitrogens with one attached hydrogen (secondary N) is 1. The SMILES string of the molecule is Cn1c(=O)n(C)c2cc(CC(=O)NC3CCS(=O)(=O)C3)ccc21. The normalized spacial score (nSPS) is 20.0. The second-order valence-corrected chi connectivity index (χ2v) is 8.30. The highest BCUT2D eigenvalue weighted by atomic mass is 32.2. The van der Waals surface area contributed by atoms with Crippen molar-refractivity contribution in [3.8, 4) is 0 Å². The van der Waals surface area contributed by atoms with Crippen LogP contribution >= 0.6 is 0 Å². The van der Waals surface area contributed by atoms with Gasteiger partial charge in [0.1, 0.15) is 0 Å². The van der Waals surface area contributed by atoms with Crippen molar-refractivity contribution in [1.29, 1.82) is 0 Å². The summed E-state index contributed by atoms with van der Waals surface area (Å²) in [5, 5.41) is 2.77. The molecule has 0 spiro atoms. The Hall–Kier alpha value is -2.09. The first-order valence-electron chi connectivity index (χ1n) is 7.41. The number of carbonyl (C=O) groups excluding carboxylic acids is 1. The summed E-state index contributed by atoms with van der Waals surface area (Å²) < 4.78 is 25.9. The zero-order valence-corrected chi connectivity index (χ0v) is 13.9. The molecule has 0 bridgehead atoms. The smallest absolute Gasteiger partial charge is 0.328 e. The van der Waals surface area contributed by atoms with E-state index in [-0.39, 0.29) is 35.6 Å². The molecule has 1 N–H and O–H groups in total.